The number of pyridine rings is 1. The average Bonchev–Trinajstić information content (AvgIpc) is 3.22. The van der Waals surface area contributed by atoms with Crippen LogP contribution in [0.1, 0.15) is 35.1 Å². The molecule has 0 aliphatic rings. The van der Waals surface area contributed by atoms with Crippen molar-refractivity contribution in [1.82, 2.24) is 14.5 Å². The fourth-order valence-electron chi connectivity index (χ4n) is 3.69. The van der Waals surface area contributed by atoms with E-state index in [9.17, 15) is 9.59 Å². The Hall–Kier alpha value is -5.26. The highest BCUT2D eigenvalue weighted by Crippen LogP contribution is 2.21. The van der Waals surface area contributed by atoms with Crippen molar-refractivity contribution in [2.75, 3.05) is 16.8 Å². The first kappa shape index (κ1) is 28.3. The van der Waals surface area contributed by atoms with Gasteiger partial charge in [0.2, 0.25) is 0 Å². The highest BCUT2D eigenvalue weighted by Gasteiger charge is 2.21. The van der Waals surface area contributed by atoms with Crippen LogP contribution in [0, 0.1) is 5.41 Å². The highest BCUT2D eigenvalue weighted by molar-refractivity contribution is 6.07. The Bertz CT molecular complexity index is 1480. The van der Waals surface area contributed by atoms with Crippen LogP contribution in [0.15, 0.2) is 66.9 Å². The maximum Gasteiger partial charge on any atom is 0.305 e. The number of hydrogen-bond donors (Lipinski definition) is 5. The first-order chi connectivity index (χ1) is 18.6. The Morgan fingerprint density at radius 2 is 1.72 bits per heavy atom. The van der Waals surface area contributed by atoms with Crippen molar-refractivity contribution < 1.29 is 24.6 Å². The van der Waals surface area contributed by atoms with Crippen LogP contribution in [0.5, 0.6) is 0 Å². The van der Waals surface area contributed by atoms with Crippen molar-refractivity contribution in [1.29, 1.82) is 5.41 Å². The normalized spacial score (nSPS) is 10.3. The van der Waals surface area contributed by atoms with E-state index in [1.165, 1.54) is 4.90 Å². The quantitative estimate of drug-likeness (QED) is 0.160. The molecule has 202 valence electrons. The minimum Gasteiger partial charge on any atom is -0.481 e. The number of nitrogens with one attached hydrogen (secondary N) is 2. The number of aromatic nitrogens is 3. The van der Waals surface area contributed by atoms with Gasteiger partial charge in [0, 0.05) is 43.5 Å². The molecule has 4 rings (SSSR count). The molecule has 0 aliphatic heterocycles. The average molecular weight is 532 g/mol. The maximum atomic E-state index is 13.3. The number of amidine groups is 1. The molecule has 2 heterocycles. The molecule has 39 heavy (non-hydrogen) atoms. The largest absolute Gasteiger partial charge is 0.481 e. The van der Waals surface area contributed by atoms with Gasteiger partial charge in [-0.1, -0.05) is 6.07 Å². The Kier molecular flexibility index (Phi) is 9.30. The molecule has 0 atom stereocenters. The zero-order valence-electron chi connectivity index (χ0n) is 21.5. The van der Waals surface area contributed by atoms with Crippen molar-refractivity contribution in [3.8, 4) is 0 Å². The zero-order valence-corrected chi connectivity index (χ0v) is 21.5. The third-order valence-electron chi connectivity index (χ3n) is 5.59. The molecule has 0 bridgehead atoms. The summed E-state index contributed by atoms with van der Waals surface area (Å²) in [5.41, 5.74) is 8.92. The number of imidazole rings is 1. The summed E-state index contributed by atoms with van der Waals surface area (Å²) in [5.74, 6) is -0.996. The molecule has 0 saturated carbocycles. The number of nitrogen functional groups attached to an aromatic ring is 1. The lowest BCUT2D eigenvalue weighted by Gasteiger charge is -2.21. The van der Waals surface area contributed by atoms with Crippen LogP contribution in [0.25, 0.3) is 11.0 Å². The fraction of sp³-hybridized carbons (Fsp3) is 0.185. The van der Waals surface area contributed by atoms with Gasteiger partial charge in [0.1, 0.15) is 17.5 Å². The minimum atomic E-state index is -0.994. The number of hydrogen-bond acceptors (Lipinski definition) is 7. The standard InChI is InChI=1S/C25H25N7O3.C2H4O2/c1-31-20-10-7-17(25(35)32(13-11-23(33)34)21-4-2-3-12-28-21)14-19(20)30-22(31)15-29-18-8-5-16(6-9-18)24(26)27;1-2(3)4/h2-10,12,14,29H,11,13,15H2,1H3,(H3,26,27)(H,33,34);1H3,(H,3,4). The van der Waals surface area contributed by atoms with Gasteiger partial charge < -0.3 is 25.8 Å². The molecular weight excluding hydrogens is 502 g/mol. The number of carbonyl (C=O) groups is 3. The number of carboxylic acids is 2. The summed E-state index contributed by atoms with van der Waals surface area (Å²) in [6.45, 7) is 1.54. The van der Waals surface area contributed by atoms with E-state index in [2.05, 4.69) is 15.3 Å². The number of carbonyl (C=O) groups excluding carboxylic acids is 1. The number of nitrogens with zero attached hydrogens (tertiary/aromatic N) is 4. The Morgan fingerprint density at radius 3 is 2.31 bits per heavy atom. The van der Waals surface area contributed by atoms with Gasteiger partial charge in [0.05, 0.1) is 24.0 Å². The summed E-state index contributed by atoms with van der Waals surface area (Å²) in [4.78, 5) is 43.7. The van der Waals surface area contributed by atoms with E-state index in [1.807, 2.05) is 29.8 Å². The molecule has 0 spiro atoms. The monoisotopic (exact) mass is 531 g/mol. The molecule has 2 aromatic heterocycles. The molecule has 0 radical (unpaired) electrons. The molecule has 0 unspecified atom stereocenters. The van der Waals surface area contributed by atoms with Gasteiger partial charge in [0.15, 0.2) is 0 Å². The molecule has 1 amide bonds. The van der Waals surface area contributed by atoms with Crippen molar-refractivity contribution in [3.05, 3.63) is 83.8 Å². The van der Waals surface area contributed by atoms with Crippen LogP contribution < -0.4 is 16.0 Å². The van der Waals surface area contributed by atoms with Gasteiger partial charge in [-0.25, -0.2) is 9.97 Å². The van der Waals surface area contributed by atoms with E-state index < -0.39 is 11.9 Å². The first-order valence-electron chi connectivity index (χ1n) is 11.8. The number of amides is 1. The molecule has 12 nitrogen and oxygen atoms in total. The van der Waals surface area contributed by atoms with Gasteiger partial charge in [-0.2, -0.15) is 0 Å². The predicted molar refractivity (Wildman–Crippen MR) is 147 cm³/mol. The third-order valence-corrected chi connectivity index (χ3v) is 5.59. The number of rotatable bonds is 9. The van der Waals surface area contributed by atoms with Crippen molar-refractivity contribution in [2.24, 2.45) is 12.8 Å². The second-order valence-corrected chi connectivity index (χ2v) is 8.44. The summed E-state index contributed by atoms with van der Waals surface area (Å²) in [6, 6.07) is 17.6. The molecular formula is C27H29N7O5. The lowest BCUT2D eigenvalue weighted by atomic mass is 10.1. The molecule has 0 aliphatic carbocycles. The summed E-state index contributed by atoms with van der Waals surface area (Å²) in [6.07, 6.45) is 1.36. The van der Waals surface area contributed by atoms with Gasteiger partial charge in [-0.15, -0.1) is 0 Å². The highest BCUT2D eigenvalue weighted by atomic mass is 16.4. The van der Waals surface area contributed by atoms with Crippen molar-refractivity contribution in [2.45, 2.75) is 19.9 Å². The summed E-state index contributed by atoms with van der Waals surface area (Å²) < 4.78 is 1.95. The van der Waals surface area contributed by atoms with Crippen LogP contribution in [0.3, 0.4) is 0 Å². The van der Waals surface area contributed by atoms with Crippen molar-refractivity contribution in [3.63, 3.8) is 0 Å². The lowest BCUT2D eigenvalue weighted by molar-refractivity contribution is -0.137. The Morgan fingerprint density at radius 1 is 1.05 bits per heavy atom. The maximum absolute atomic E-state index is 13.3. The van der Waals surface area contributed by atoms with Crippen LogP contribution in [0.2, 0.25) is 0 Å². The van der Waals surface area contributed by atoms with E-state index in [4.69, 9.17) is 26.2 Å². The van der Waals surface area contributed by atoms with E-state index in [0.717, 1.165) is 24.0 Å². The minimum absolute atomic E-state index is 0.00300. The molecule has 12 heteroatoms. The van der Waals surface area contributed by atoms with Gasteiger partial charge in [-0.3, -0.25) is 24.7 Å². The first-order valence-corrected chi connectivity index (χ1v) is 11.8. The number of anilines is 2. The van der Waals surface area contributed by atoms with Crippen LogP contribution in [-0.2, 0) is 23.2 Å². The fourth-order valence-corrected chi connectivity index (χ4v) is 3.69. The second-order valence-electron chi connectivity index (χ2n) is 8.44. The van der Waals surface area contributed by atoms with Gasteiger partial charge in [0.25, 0.3) is 11.9 Å². The summed E-state index contributed by atoms with van der Waals surface area (Å²) in [7, 11) is 1.90. The molecule has 2 aromatic carbocycles. The topological polar surface area (TPSA) is 188 Å². The number of aryl methyl sites for hydroxylation is 1. The SMILES string of the molecule is CC(=O)O.Cn1c(CNc2ccc(C(=N)N)cc2)nc2cc(C(=O)N(CCC(=O)O)c3ccccn3)ccc21. The Labute approximate surface area is 224 Å². The Balaban J connectivity index is 0.000000983. The lowest BCUT2D eigenvalue weighted by Crippen LogP contribution is -2.33. The number of benzene rings is 2. The molecule has 4 aromatic rings. The van der Waals surface area contributed by atoms with Crippen LogP contribution in [0.4, 0.5) is 11.5 Å². The number of aliphatic carboxylic acids is 2. The second kappa shape index (κ2) is 12.8. The summed E-state index contributed by atoms with van der Waals surface area (Å²) in [5, 5.41) is 27.3. The zero-order chi connectivity index (χ0) is 28.5. The smallest absolute Gasteiger partial charge is 0.305 e. The van der Waals surface area contributed by atoms with E-state index >= 15 is 0 Å². The van der Waals surface area contributed by atoms with Gasteiger partial charge in [-0.05, 0) is 54.6 Å². The molecule has 6 N–H and O–H groups in total. The van der Waals surface area contributed by atoms with E-state index in [0.29, 0.717) is 29.0 Å². The van der Waals surface area contributed by atoms with Crippen LogP contribution >= 0.6 is 0 Å². The summed E-state index contributed by atoms with van der Waals surface area (Å²) >= 11 is 0. The van der Waals surface area contributed by atoms with Gasteiger partial charge >= 0.3 is 5.97 Å². The number of nitrogens with two attached hydrogens (primary N) is 1. The third kappa shape index (κ3) is 7.61. The van der Waals surface area contributed by atoms with E-state index in [-0.39, 0.29) is 24.7 Å². The van der Waals surface area contributed by atoms with Crippen molar-refractivity contribution >= 4 is 46.2 Å². The number of carboxylic acid groups (broad SMARTS) is 2. The molecule has 0 saturated heterocycles. The molecule has 0 fully saturated rings. The number of fused-ring (bicyclic) bond motifs is 1. The van der Waals surface area contributed by atoms with Crippen LogP contribution in [-0.4, -0.2) is 55.0 Å². The van der Waals surface area contributed by atoms with E-state index in [1.54, 1.807) is 48.7 Å². The predicted octanol–water partition coefficient (Wildman–Crippen LogP) is 3.08.